The van der Waals surface area contributed by atoms with E-state index >= 15 is 0 Å². The number of likely N-dealkylation sites (tertiary alicyclic amines) is 1. The molecule has 40 heavy (non-hydrogen) atoms. The highest BCUT2D eigenvalue weighted by Crippen LogP contribution is 2.29. The Morgan fingerprint density at radius 1 is 1.00 bits per heavy atom. The van der Waals surface area contributed by atoms with E-state index in [0.717, 1.165) is 18.8 Å². The first-order chi connectivity index (χ1) is 19.5. The second kappa shape index (κ2) is 10.8. The van der Waals surface area contributed by atoms with Gasteiger partial charge in [0.25, 0.3) is 11.1 Å². The molecule has 4 heterocycles. The Bertz CT molecular complexity index is 1790. The molecule has 0 saturated carbocycles. The Labute approximate surface area is 231 Å². The number of allylic oxidation sites excluding steroid dienone is 1. The summed E-state index contributed by atoms with van der Waals surface area (Å²) in [4.78, 5) is 37.4. The molecular weight excluding hydrogens is 502 g/mol. The Balaban J connectivity index is 1.37. The molecule has 9 nitrogen and oxygen atoms in total. The van der Waals surface area contributed by atoms with Crippen LogP contribution in [0.4, 0.5) is 11.6 Å². The Kier molecular flexibility index (Phi) is 6.88. The summed E-state index contributed by atoms with van der Waals surface area (Å²) in [5.74, 6) is 0.971. The third kappa shape index (κ3) is 4.87. The van der Waals surface area contributed by atoms with Crippen LogP contribution in [0.25, 0.3) is 22.4 Å². The predicted molar refractivity (Wildman–Crippen MR) is 158 cm³/mol. The first-order valence-electron chi connectivity index (χ1n) is 13.5. The van der Waals surface area contributed by atoms with Crippen LogP contribution in [0, 0.1) is 0 Å². The summed E-state index contributed by atoms with van der Waals surface area (Å²) in [5.41, 5.74) is 3.70. The average Bonchev–Trinajstić information content (AvgIpc) is 3.25. The molecule has 0 radical (unpaired) electrons. The lowest BCUT2D eigenvalue weighted by Gasteiger charge is -2.29. The normalized spacial score (nSPS) is 14.4. The first kappa shape index (κ1) is 25.5. The lowest BCUT2D eigenvalue weighted by molar-refractivity contribution is 0.255. The number of fused-ring (bicyclic) bond motifs is 1. The summed E-state index contributed by atoms with van der Waals surface area (Å²) in [7, 11) is 2.17. The van der Waals surface area contributed by atoms with Crippen molar-refractivity contribution in [1.29, 1.82) is 0 Å². The van der Waals surface area contributed by atoms with Crippen molar-refractivity contribution < 1.29 is 0 Å². The second-order valence-corrected chi connectivity index (χ2v) is 10.2. The molecule has 1 fully saturated rings. The maximum absolute atomic E-state index is 13.3. The number of rotatable bonds is 7. The van der Waals surface area contributed by atoms with Gasteiger partial charge in [0.05, 0.1) is 17.9 Å². The van der Waals surface area contributed by atoms with E-state index < -0.39 is 0 Å². The maximum atomic E-state index is 13.3. The highest BCUT2D eigenvalue weighted by atomic mass is 16.1. The molecule has 6 rings (SSSR count). The van der Waals surface area contributed by atoms with Crippen LogP contribution in [-0.4, -0.2) is 48.9 Å². The Morgan fingerprint density at radius 3 is 2.52 bits per heavy atom. The summed E-state index contributed by atoms with van der Waals surface area (Å²) in [6, 6.07) is 20.9. The number of pyridine rings is 1. The van der Waals surface area contributed by atoms with Crippen LogP contribution in [0.1, 0.15) is 24.3 Å². The van der Waals surface area contributed by atoms with Crippen molar-refractivity contribution in [3.63, 3.8) is 0 Å². The number of anilines is 2. The molecule has 2 aromatic carbocycles. The van der Waals surface area contributed by atoms with E-state index in [2.05, 4.69) is 53.1 Å². The molecule has 1 aliphatic heterocycles. The smallest absolute Gasteiger partial charge is 0.278 e. The van der Waals surface area contributed by atoms with E-state index in [0.29, 0.717) is 34.3 Å². The van der Waals surface area contributed by atoms with Crippen LogP contribution in [-0.2, 0) is 6.54 Å². The highest BCUT2D eigenvalue weighted by Gasteiger charge is 2.19. The van der Waals surface area contributed by atoms with Crippen molar-refractivity contribution >= 4 is 22.7 Å². The molecule has 1 aliphatic rings. The number of benzene rings is 2. The highest BCUT2D eigenvalue weighted by molar-refractivity contribution is 5.77. The van der Waals surface area contributed by atoms with Crippen molar-refractivity contribution in [2.45, 2.75) is 25.3 Å². The van der Waals surface area contributed by atoms with E-state index in [4.69, 9.17) is 4.98 Å². The van der Waals surface area contributed by atoms with Gasteiger partial charge in [0.1, 0.15) is 5.39 Å². The molecule has 0 unspecified atom stereocenters. The van der Waals surface area contributed by atoms with Gasteiger partial charge in [-0.15, -0.1) is 6.58 Å². The molecule has 3 aromatic heterocycles. The summed E-state index contributed by atoms with van der Waals surface area (Å²) in [6.45, 7) is 6.35. The molecular formula is C31H31N7O2. The molecule has 9 heteroatoms. The SMILES string of the molecule is C=CCn1c(=O)c2cnc(Nc3ccc(C4CCN(C)CC4)cc3)nc2n1-c1cccc(-n2ccccc2=O)c1. The lowest BCUT2D eigenvalue weighted by Crippen LogP contribution is -2.29. The van der Waals surface area contributed by atoms with E-state index in [9.17, 15) is 9.59 Å². The molecule has 0 aliphatic carbocycles. The van der Waals surface area contributed by atoms with Gasteiger partial charge in [0.15, 0.2) is 5.65 Å². The third-order valence-electron chi connectivity index (χ3n) is 7.51. The minimum Gasteiger partial charge on any atom is -0.324 e. The van der Waals surface area contributed by atoms with Crippen molar-refractivity contribution in [2.75, 3.05) is 25.5 Å². The van der Waals surface area contributed by atoms with Crippen molar-refractivity contribution in [1.82, 2.24) is 28.8 Å². The zero-order valence-corrected chi connectivity index (χ0v) is 22.4. The molecule has 0 bridgehead atoms. The standard InChI is InChI=1S/C31H31N7O2/c1-3-16-37-30(40)27-21-32-31(33-24-12-10-22(11-13-24)23-14-18-35(2)19-15-23)34-29(27)38(37)26-8-6-7-25(20-26)36-17-5-4-9-28(36)39/h3-13,17,20-21,23H,1,14-16,18-19H2,2H3,(H,32,33,34). The van der Waals surface area contributed by atoms with Gasteiger partial charge in [-0.25, -0.2) is 14.3 Å². The van der Waals surface area contributed by atoms with Gasteiger partial charge >= 0.3 is 0 Å². The fraction of sp³-hybridized carbons (Fsp3) is 0.226. The molecule has 0 atom stereocenters. The van der Waals surface area contributed by atoms with Gasteiger partial charge in [-0.2, -0.15) is 4.98 Å². The van der Waals surface area contributed by atoms with Crippen LogP contribution in [0.3, 0.4) is 0 Å². The van der Waals surface area contributed by atoms with Gasteiger partial charge in [-0.3, -0.25) is 14.2 Å². The summed E-state index contributed by atoms with van der Waals surface area (Å²) in [6.07, 6.45) is 7.28. The number of piperidine rings is 1. The number of nitrogens with zero attached hydrogens (tertiary/aromatic N) is 6. The number of hydrogen-bond donors (Lipinski definition) is 1. The van der Waals surface area contributed by atoms with E-state index in [-0.39, 0.29) is 17.7 Å². The maximum Gasteiger partial charge on any atom is 0.278 e. The third-order valence-corrected chi connectivity index (χ3v) is 7.51. The quantitative estimate of drug-likeness (QED) is 0.311. The van der Waals surface area contributed by atoms with Crippen LogP contribution in [0.5, 0.6) is 0 Å². The topological polar surface area (TPSA) is 90.0 Å². The van der Waals surface area contributed by atoms with E-state index in [1.54, 1.807) is 44.5 Å². The molecule has 5 aromatic rings. The van der Waals surface area contributed by atoms with Crippen LogP contribution >= 0.6 is 0 Å². The Hall–Kier alpha value is -4.76. The van der Waals surface area contributed by atoms with Gasteiger partial charge in [0, 0.05) is 24.1 Å². The molecule has 0 amide bonds. The second-order valence-electron chi connectivity index (χ2n) is 10.2. The predicted octanol–water partition coefficient (Wildman–Crippen LogP) is 4.47. The zero-order valence-electron chi connectivity index (χ0n) is 22.4. The summed E-state index contributed by atoms with van der Waals surface area (Å²) in [5, 5.41) is 3.69. The molecule has 0 spiro atoms. The van der Waals surface area contributed by atoms with Crippen molar-refractivity contribution in [3.8, 4) is 11.4 Å². The average molecular weight is 534 g/mol. The first-order valence-corrected chi connectivity index (χ1v) is 13.5. The minimum atomic E-state index is -0.216. The Morgan fingerprint density at radius 2 is 1.77 bits per heavy atom. The molecule has 202 valence electrons. The zero-order chi connectivity index (χ0) is 27.6. The molecule has 1 N–H and O–H groups in total. The van der Waals surface area contributed by atoms with E-state index in [1.165, 1.54) is 24.5 Å². The van der Waals surface area contributed by atoms with Crippen molar-refractivity contribution in [2.24, 2.45) is 0 Å². The van der Waals surface area contributed by atoms with Crippen LogP contribution in [0.15, 0.2) is 101 Å². The van der Waals surface area contributed by atoms with Gasteiger partial charge in [0.2, 0.25) is 5.95 Å². The number of aromatic nitrogens is 5. The molecule has 1 saturated heterocycles. The van der Waals surface area contributed by atoms with Crippen LogP contribution < -0.4 is 16.4 Å². The number of nitrogens with one attached hydrogen (secondary N) is 1. The van der Waals surface area contributed by atoms with Gasteiger partial charge in [-0.05, 0) is 80.9 Å². The van der Waals surface area contributed by atoms with Gasteiger partial charge in [-0.1, -0.05) is 30.3 Å². The van der Waals surface area contributed by atoms with Gasteiger partial charge < -0.3 is 10.2 Å². The van der Waals surface area contributed by atoms with Crippen LogP contribution in [0.2, 0.25) is 0 Å². The van der Waals surface area contributed by atoms with Crippen molar-refractivity contribution in [3.05, 3.63) is 118 Å². The number of hydrogen-bond acceptors (Lipinski definition) is 6. The lowest BCUT2D eigenvalue weighted by atomic mass is 9.89. The summed E-state index contributed by atoms with van der Waals surface area (Å²) >= 11 is 0. The van der Waals surface area contributed by atoms with E-state index in [1.807, 2.05) is 24.3 Å². The summed E-state index contributed by atoms with van der Waals surface area (Å²) < 4.78 is 4.88. The minimum absolute atomic E-state index is 0.142. The monoisotopic (exact) mass is 533 g/mol. The fourth-order valence-electron chi connectivity index (χ4n) is 5.36. The fourth-order valence-corrected chi connectivity index (χ4v) is 5.36. The largest absolute Gasteiger partial charge is 0.324 e.